The number of aliphatic hydroxyl groups excluding tert-OH is 1. The predicted octanol–water partition coefficient (Wildman–Crippen LogP) is 2.10. The molecule has 0 amide bonds. The number of imidazole rings is 1. The number of aromatic nitrogens is 2. The van der Waals surface area contributed by atoms with Gasteiger partial charge in [-0.1, -0.05) is 12.1 Å². The molecule has 4 nitrogen and oxygen atoms in total. The normalized spacial score (nSPS) is 12.7. The highest BCUT2D eigenvalue weighted by atomic mass is 19.3. The summed E-state index contributed by atoms with van der Waals surface area (Å²) in [5.74, 6) is 0.0116. The van der Waals surface area contributed by atoms with Crippen molar-refractivity contribution in [2.45, 2.75) is 12.7 Å². The van der Waals surface area contributed by atoms with Crippen LogP contribution in [0.1, 0.15) is 17.4 Å². The summed E-state index contributed by atoms with van der Waals surface area (Å²) in [5.41, 5.74) is 0.901. The lowest BCUT2D eigenvalue weighted by atomic mass is 10.1. The standard InChI is InChI=1S/C12H12F2N2O2/c1-16-6-10(15-7-16)11(17)8-3-2-4-9(5-8)18-12(13)14/h2-7,11-12,17H,1H3. The summed E-state index contributed by atoms with van der Waals surface area (Å²) in [4.78, 5) is 4.01. The van der Waals surface area contributed by atoms with Crippen LogP contribution in [-0.2, 0) is 7.05 Å². The first-order valence-electron chi connectivity index (χ1n) is 5.27. The van der Waals surface area contributed by atoms with Crippen molar-refractivity contribution in [2.75, 3.05) is 0 Å². The van der Waals surface area contributed by atoms with Crippen molar-refractivity contribution in [2.24, 2.45) is 7.05 Å². The predicted molar refractivity (Wildman–Crippen MR) is 60.3 cm³/mol. The lowest BCUT2D eigenvalue weighted by Gasteiger charge is -2.10. The number of ether oxygens (including phenoxy) is 1. The van der Waals surface area contributed by atoms with Gasteiger partial charge in [0, 0.05) is 13.2 Å². The van der Waals surface area contributed by atoms with Crippen molar-refractivity contribution in [1.29, 1.82) is 0 Å². The number of alkyl halides is 2. The van der Waals surface area contributed by atoms with Crippen molar-refractivity contribution >= 4 is 0 Å². The van der Waals surface area contributed by atoms with Gasteiger partial charge in [0.1, 0.15) is 11.9 Å². The van der Waals surface area contributed by atoms with Crippen LogP contribution in [-0.4, -0.2) is 21.3 Å². The molecule has 2 rings (SSSR count). The molecule has 1 heterocycles. The minimum atomic E-state index is -2.88. The highest BCUT2D eigenvalue weighted by Gasteiger charge is 2.14. The molecule has 0 spiro atoms. The van der Waals surface area contributed by atoms with Gasteiger partial charge in [-0.05, 0) is 17.7 Å². The van der Waals surface area contributed by atoms with Gasteiger partial charge in [0.05, 0.1) is 12.0 Å². The van der Waals surface area contributed by atoms with Crippen LogP contribution in [0.4, 0.5) is 8.78 Å². The van der Waals surface area contributed by atoms with E-state index in [2.05, 4.69) is 9.72 Å². The Morgan fingerprint density at radius 2 is 2.17 bits per heavy atom. The van der Waals surface area contributed by atoms with E-state index in [1.165, 1.54) is 12.1 Å². The highest BCUT2D eigenvalue weighted by Crippen LogP contribution is 2.24. The van der Waals surface area contributed by atoms with Gasteiger partial charge in [-0.2, -0.15) is 8.78 Å². The molecular weight excluding hydrogens is 242 g/mol. The monoisotopic (exact) mass is 254 g/mol. The molecule has 6 heteroatoms. The fourth-order valence-electron chi connectivity index (χ4n) is 1.61. The van der Waals surface area contributed by atoms with Crippen LogP contribution in [0.3, 0.4) is 0 Å². The van der Waals surface area contributed by atoms with Crippen molar-refractivity contribution in [1.82, 2.24) is 9.55 Å². The number of nitrogens with zero attached hydrogens (tertiary/aromatic N) is 2. The van der Waals surface area contributed by atoms with Crippen LogP contribution in [0, 0.1) is 0 Å². The maximum Gasteiger partial charge on any atom is 0.387 e. The zero-order valence-electron chi connectivity index (χ0n) is 9.62. The zero-order valence-corrected chi connectivity index (χ0v) is 9.62. The second-order valence-corrected chi connectivity index (χ2v) is 3.82. The molecule has 1 N–H and O–H groups in total. The Morgan fingerprint density at radius 1 is 1.39 bits per heavy atom. The number of aliphatic hydroxyl groups is 1. The maximum atomic E-state index is 12.1. The van der Waals surface area contributed by atoms with Crippen LogP contribution in [0.2, 0.25) is 0 Å². The topological polar surface area (TPSA) is 47.3 Å². The molecule has 0 aliphatic heterocycles. The molecule has 1 unspecified atom stereocenters. The molecule has 0 radical (unpaired) electrons. The van der Waals surface area contributed by atoms with E-state index in [0.717, 1.165) is 0 Å². The number of benzene rings is 1. The van der Waals surface area contributed by atoms with Crippen molar-refractivity contribution in [3.8, 4) is 5.75 Å². The third-order valence-electron chi connectivity index (χ3n) is 2.40. The van der Waals surface area contributed by atoms with Crippen LogP contribution in [0.5, 0.6) is 5.75 Å². The molecule has 1 atom stereocenters. The molecule has 0 fully saturated rings. The average molecular weight is 254 g/mol. The van der Waals surface area contributed by atoms with Crippen LogP contribution in [0.25, 0.3) is 0 Å². The Balaban J connectivity index is 2.22. The fraction of sp³-hybridized carbons (Fsp3) is 0.250. The number of hydrogen-bond donors (Lipinski definition) is 1. The molecule has 18 heavy (non-hydrogen) atoms. The van der Waals surface area contributed by atoms with Gasteiger partial charge in [0.25, 0.3) is 0 Å². The van der Waals surface area contributed by atoms with Crippen LogP contribution >= 0.6 is 0 Å². The van der Waals surface area contributed by atoms with Gasteiger partial charge < -0.3 is 14.4 Å². The largest absolute Gasteiger partial charge is 0.435 e. The SMILES string of the molecule is Cn1cnc(C(O)c2cccc(OC(F)F)c2)c1. The third-order valence-corrected chi connectivity index (χ3v) is 2.40. The second kappa shape index (κ2) is 5.14. The average Bonchev–Trinajstić information content (AvgIpc) is 2.74. The lowest BCUT2D eigenvalue weighted by Crippen LogP contribution is -2.04. The zero-order chi connectivity index (χ0) is 13.1. The summed E-state index contributed by atoms with van der Waals surface area (Å²) in [6, 6.07) is 5.93. The summed E-state index contributed by atoms with van der Waals surface area (Å²) < 4.78 is 30.1. The molecule has 1 aromatic carbocycles. The Morgan fingerprint density at radius 3 is 2.78 bits per heavy atom. The van der Waals surface area contributed by atoms with E-state index in [4.69, 9.17) is 0 Å². The van der Waals surface area contributed by atoms with E-state index >= 15 is 0 Å². The van der Waals surface area contributed by atoms with Crippen LogP contribution < -0.4 is 4.74 Å². The van der Waals surface area contributed by atoms with E-state index in [1.54, 1.807) is 36.3 Å². The summed E-state index contributed by atoms with van der Waals surface area (Å²) in [6.45, 7) is -2.88. The molecule has 0 bridgehead atoms. The molecular formula is C12H12F2N2O2. The lowest BCUT2D eigenvalue weighted by molar-refractivity contribution is -0.0499. The van der Waals surface area contributed by atoms with Crippen molar-refractivity contribution < 1.29 is 18.6 Å². The van der Waals surface area contributed by atoms with Gasteiger partial charge in [-0.15, -0.1) is 0 Å². The van der Waals surface area contributed by atoms with Gasteiger partial charge in [0.15, 0.2) is 0 Å². The molecule has 96 valence electrons. The molecule has 0 aliphatic carbocycles. The summed E-state index contributed by atoms with van der Waals surface area (Å²) >= 11 is 0. The fourth-order valence-corrected chi connectivity index (χ4v) is 1.61. The molecule has 1 aromatic heterocycles. The van der Waals surface area contributed by atoms with Crippen molar-refractivity contribution in [3.63, 3.8) is 0 Å². The first-order valence-corrected chi connectivity index (χ1v) is 5.27. The summed E-state index contributed by atoms with van der Waals surface area (Å²) in [6.07, 6.45) is 2.25. The van der Waals surface area contributed by atoms with Gasteiger partial charge in [-0.25, -0.2) is 4.98 Å². The van der Waals surface area contributed by atoms with Gasteiger partial charge >= 0.3 is 6.61 Å². The van der Waals surface area contributed by atoms with Crippen LogP contribution in [0.15, 0.2) is 36.8 Å². The van der Waals surface area contributed by atoms with E-state index < -0.39 is 12.7 Å². The number of aryl methyl sites for hydroxylation is 1. The van der Waals surface area contributed by atoms with Gasteiger partial charge in [0.2, 0.25) is 0 Å². The Kier molecular flexibility index (Phi) is 3.57. The first kappa shape index (κ1) is 12.5. The number of rotatable bonds is 4. The van der Waals surface area contributed by atoms with E-state index in [0.29, 0.717) is 11.3 Å². The third kappa shape index (κ3) is 2.84. The summed E-state index contributed by atoms with van der Waals surface area (Å²) in [7, 11) is 1.78. The Bertz CT molecular complexity index is 528. The minimum Gasteiger partial charge on any atom is -0.435 e. The molecule has 0 saturated heterocycles. The quantitative estimate of drug-likeness (QED) is 0.909. The smallest absolute Gasteiger partial charge is 0.387 e. The van der Waals surface area contributed by atoms with Gasteiger partial charge in [-0.3, -0.25) is 0 Å². The molecule has 0 aliphatic rings. The Hall–Kier alpha value is -1.95. The second-order valence-electron chi connectivity index (χ2n) is 3.82. The van der Waals surface area contributed by atoms with E-state index in [1.807, 2.05) is 0 Å². The maximum absolute atomic E-state index is 12.1. The number of hydrogen-bond acceptors (Lipinski definition) is 3. The van der Waals surface area contributed by atoms with Crippen molar-refractivity contribution in [3.05, 3.63) is 48.0 Å². The molecule has 2 aromatic rings. The summed E-state index contributed by atoms with van der Waals surface area (Å²) in [5, 5.41) is 10.0. The first-order chi connectivity index (χ1) is 8.56. The van der Waals surface area contributed by atoms with E-state index in [9.17, 15) is 13.9 Å². The van der Waals surface area contributed by atoms with E-state index in [-0.39, 0.29) is 5.75 Å². The Labute approximate surface area is 102 Å². The molecule has 0 saturated carbocycles. The number of halogens is 2. The minimum absolute atomic E-state index is 0.0116. The highest BCUT2D eigenvalue weighted by molar-refractivity contribution is 5.33.